The topological polar surface area (TPSA) is 57.8 Å². The normalized spacial score (nSPS) is 13.9. The van der Waals surface area contributed by atoms with Crippen LogP contribution in [0.2, 0.25) is 0 Å². The monoisotopic (exact) mass is 255 g/mol. The Morgan fingerprint density at radius 1 is 1.21 bits per heavy atom. The molecule has 0 saturated carbocycles. The molecule has 1 aromatic carbocycles. The van der Waals surface area contributed by atoms with E-state index in [0.717, 1.165) is 24.1 Å². The molecule has 0 fully saturated rings. The third-order valence-corrected chi connectivity index (χ3v) is 3.61. The minimum absolute atomic E-state index is 0.0250. The van der Waals surface area contributed by atoms with Crippen LogP contribution in [-0.4, -0.2) is 16.1 Å². The van der Waals surface area contributed by atoms with Crippen LogP contribution in [0.15, 0.2) is 30.5 Å². The summed E-state index contributed by atoms with van der Waals surface area (Å²) in [5.74, 6) is -0.0250. The number of nitrogens with one attached hydrogen (secondary N) is 2. The Morgan fingerprint density at radius 2 is 2.05 bits per heavy atom. The average molecular weight is 255 g/mol. The summed E-state index contributed by atoms with van der Waals surface area (Å²) in [6, 6.07) is 7.91. The lowest BCUT2D eigenvalue weighted by Crippen LogP contribution is -2.23. The number of H-pyrrole nitrogens is 1. The molecule has 2 N–H and O–H groups in total. The quantitative estimate of drug-likeness (QED) is 0.883. The first-order valence-electron chi connectivity index (χ1n) is 6.71. The maximum atomic E-state index is 12.1. The summed E-state index contributed by atoms with van der Waals surface area (Å²) in [6.45, 7) is 0.482. The van der Waals surface area contributed by atoms with Crippen molar-refractivity contribution in [3.63, 3.8) is 0 Å². The number of carbonyl (C=O) groups is 1. The van der Waals surface area contributed by atoms with E-state index in [1.807, 2.05) is 18.2 Å². The van der Waals surface area contributed by atoms with Gasteiger partial charge >= 0.3 is 0 Å². The molecule has 3 rings (SSSR count). The number of aromatic amines is 1. The van der Waals surface area contributed by atoms with Gasteiger partial charge in [-0.2, -0.15) is 5.10 Å². The van der Waals surface area contributed by atoms with Gasteiger partial charge in [-0.15, -0.1) is 0 Å². The van der Waals surface area contributed by atoms with Crippen molar-refractivity contribution in [3.05, 3.63) is 52.8 Å². The first-order valence-corrected chi connectivity index (χ1v) is 6.71. The lowest BCUT2D eigenvalue weighted by molar-refractivity contribution is 0.0950. The number of hydrogen-bond donors (Lipinski definition) is 2. The predicted molar refractivity (Wildman–Crippen MR) is 72.8 cm³/mol. The molecule has 0 spiro atoms. The zero-order valence-corrected chi connectivity index (χ0v) is 10.8. The molecule has 2 aromatic rings. The average Bonchev–Trinajstić information content (AvgIpc) is 2.97. The highest BCUT2D eigenvalue weighted by Crippen LogP contribution is 2.22. The minimum atomic E-state index is -0.0250. The van der Waals surface area contributed by atoms with Gasteiger partial charge in [0.05, 0.1) is 12.2 Å². The molecular weight excluding hydrogens is 238 g/mol. The standard InChI is InChI=1S/C15H17N3O/c19-15(16-10-14-7-8-17-18-14)13-6-5-11-3-1-2-4-12(11)9-13/h5-9H,1-4,10H2,(H,16,19)(H,17,18). The molecule has 19 heavy (non-hydrogen) atoms. The van der Waals surface area contributed by atoms with Crippen LogP contribution in [0.25, 0.3) is 0 Å². The van der Waals surface area contributed by atoms with E-state index in [0.29, 0.717) is 6.54 Å². The first-order chi connectivity index (χ1) is 9.33. The summed E-state index contributed by atoms with van der Waals surface area (Å²) in [5.41, 5.74) is 4.39. The molecule has 1 aromatic heterocycles. The van der Waals surface area contributed by atoms with Gasteiger partial charge in [0.25, 0.3) is 5.91 Å². The fourth-order valence-corrected chi connectivity index (χ4v) is 2.54. The molecule has 0 radical (unpaired) electrons. The zero-order chi connectivity index (χ0) is 13.1. The van der Waals surface area contributed by atoms with Crippen molar-refractivity contribution in [1.82, 2.24) is 15.5 Å². The maximum absolute atomic E-state index is 12.1. The van der Waals surface area contributed by atoms with Gasteiger partial charge in [0.15, 0.2) is 0 Å². The van der Waals surface area contributed by atoms with E-state index in [1.165, 1.54) is 24.0 Å². The highest BCUT2D eigenvalue weighted by atomic mass is 16.1. The summed E-state index contributed by atoms with van der Waals surface area (Å²) in [7, 11) is 0. The number of hydrogen-bond acceptors (Lipinski definition) is 2. The van der Waals surface area contributed by atoms with Crippen LogP contribution >= 0.6 is 0 Å². The Labute approximate surface area is 112 Å². The zero-order valence-electron chi connectivity index (χ0n) is 10.8. The van der Waals surface area contributed by atoms with E-state index in [-0.39, 0.29) is 5.91 Å². The Kier molecular flexibility index (Phi) is 3.31. The molecule has 1 aliphatic rings. The number of fused-ring (bicyclic) bond motifs is 1. The second kappa shape index (κ2) is 5.26. The Hall–Kier alpha value is -2.10. The van der Waals surface area contributed by atoms with Gasteiger partial charge < -0.3 is 5.32 Å². The van der Waals surface area contributed by atoms with Crippen LogP contribution in [-0.2, 0) is 19.4 Å². The number of aromatic nitrogens is 2. The number of carbonyl (C=O) groups excluding carboxylic acids is 1. The third kappa shape index (κ3) is 2.67. The SMILES string of the molecule is O=C(NCc1ccn[nH]1)c1ccc2c(c1)CCCC2. The smallest absolute Gasteiger partial charge is 0.251 e. The van der Waals surface area contributed by atoms with E-state index < -0.39 is 0 Å². The Morgan fingerprint density at radius 3 is 2.84 bits per heavy atom. The molecule has 1 heterocycles. The van der Waals surface area contributed by atoms with E-state index in [9.17, 15) is 4.79 Å². The minimum Gasteiger partial charge on any atom is -0.346 e. The van der Waals surface area contributed by atoms with E-state index in [4.69, 9.17) is 0 Å². The van der Waals surface area contributed by atoms with Crippen molar-refractivity contribution >= 4 is 5.91 Å². The molecule has 4 heteroatoms. The highest BCUT2D eigenvalue weighted by Gasteiger charge is 2.12. The van der Waals surface area contributed by atoms with E-state index >= 15 is 0 Å². The predicted octanol–water partition coefficient (Wildman–Crippen LogP) is 2.22. The summed E-state index contributed by atoms with van der Waals surface area (Å²) in [6.07, 6.45) is 6.41. The Balaban J connectivity index is 1.69. The molecule has 0 aliphatic heterocycles. The van der Waals surface area contributed by atoms with Crippen molar-refractivity contribution < 1.29 is 4.79 Å². The summed E-state index contributed by atoms with van der Waals surface area (Å²) < 4.78 is 0. The van der Waals surface area contributed by atoms with Crippen LogP contribution in [0.5, 0.6) is 0 Å². The van der Waals surface area contributed by atoms with Gasteiger partial charge in [-0.3, -0.25) is 9.89 Å². The van der Waals surface area contributed by atoms with Crippen molar-refractivity contribution in [2.24, 2.45) is 0 Å². The molecule has 1 amide bonds. The van der Waals surface area contributed by atoms with E-state index in [1.54, 1.807) is 6.20 Å². The van der Waals surface area contributed by atoms with Gasteiger partial charge in [0.1, 0.15) is 0 Å². The molecule has 1 aliphatic carbocycles. The van der Waals surface area contributed by atoms with Crippen LogP contribution in [0, 0.1) is 0 Å². The van der Waals surface area contributed by atoms with Crippen LogP contribution in [0.3, 0.4) is 0 Å². The summed E-state index contributed by atoms with van der Waals surface area (Å²) in [4.78, 5) is 12.1. The van der Waals surface area contributed by atoms with Crippen molar-refractivity contribution in [2.45, 2.75) is 32.2 Å². The Bertz CT molecular complexity index is 575. The van der Waals surface area contributed by atoms with Gasteiger partial charge in [-0.25, -0.2) is 0 Å². The number of amides is 1. The molecular formula is C15H17N3O. The largest absolute Gasteiger partial charge is 0.346 e. The van der Waals surface area contributed by atoms with Crippen LogP contribution in [0.1, 0.15) is 40.0 Å². The summed E-state index contributed by atoms with van der Waals surface area (Å²) in [5, 5.41) is 9.58. The lowest BCUT2D eigenvalue weighted by Gasteiger charge is -2.16. The fourth-order valence-electron chi connectivity index (χ4n) is 2.54. The van der Waals surface area contributed by atoms with E-state index in [2.05, 4.69) is 21.6 Å². The molecule has 98 valence electrons. The molecule has 0 unspecified atom stereocenters. The number of benzene rings is 1. The van der Waals surface area contributed by atoms with Crippen LogP contribution < -0.4 is 5.32 Å². The number of rotatable bonds is 3. The van der Waals surface area contributed by atoms with Gasteiger partial charge in [-0.1, -0.05) is 6.07 Å². The van der Waals surface area contributed by atoms with Gasteiger partial charge in [0, 0.05) is 11.8 Å². The second-order valence-corrected chi connectivity index (χ2v) is 4.96. The fraction of sp³-hybridized carbons (Fsp3) is 0.333. The molecule has 0 saturated heterocycles. The molecule has 0 bridgehead atoms. The second-order valence-electron chi connectivity index (χ2n) is 4.96. The maximum Gasteiger partial charge on any atom is 0.251 e. The number of aryl methyl sites for hydroxylation is 2. The third-order valence-electron chi connectivity index (χ3n) is 3.61. The highest BCUT2D eigenvalue weighted by molar-refractivity contribution is 5.94. The van der Waals surface area contributed by atoms with Crippen molar-refractivity contribution in [1.29, 1.82) is 0 Å². The van der Waals surface area contributed by atoms with Gasteiger partial charge in [-0.05, 0) is 55.0 Å². The molecule has 4 nitrogen and oxygen atoms in total. The number of nitrogens with zero attached hydrogens (tertiary/aromatic N) is 1. The van der Waals surface area contributed by atoms with Crippen molar-refractivity contribution in [2.75, 3.05) is 0 Å². The van der Waals surface area contributed by atoms with Gasteiger partial charge in [0.2, 0.25) is 0 Å². The lowest BCUT2D eigenvalue weighted by atomic mass is 9.90. The molecule has 0 atom stereocenters. The van der Waals surface area contributed by atoms with Crippen LogP contribution in [0.4, 0.5) is 0 Å². The summed E-state index contributed by atoms with van der Waals surface area (Å²) >= 11 is 0. The first kappa shape index (κ1) is 12.0. The van der Waals surface area contributed by atoms with Crippen molar-refractivity contribution in [3.8, 4) is 0 Å².